The molecule has 6 nitrogen and oxygen atoms in total. The molecule has 0 atom stereocenters. The van der Waals surface area contributed by atoms with Crippen molar-refractivity contribution in [2.24, 2.45) is 0 Å². The first-order chi connectivity index (χ1) is 9.44. The number of sulfonamides is 1. The van der Waals surface area contributed by atoms with E-state index < -0.39 is 15.8 Å². The maximum Gasteiger partial charge on any atom is 0.265 e. The van der Waals surface area contributed by atoms with E-state index in [9.17, 15) is 12.8 Å². The standard InChI is InChI=1S/C12H9FN4O2S/c13-10-2-1-9(5-8(10)6-14)17-20(18,19)12-7-16-4-3-11(12)15/h1-5,7,17H,(H2,15,16). The summed E-state index contributed by atoms with van der Waals surface area (Å²) >= 11 is 0. The summed E-state index contributed by atoms with van der Waals surface area (Å²) in [5.41, 5.74) is 5.41. The van der Waals surface area contributed by atoms with Crippen molar-refractivity contribution in [3.05, 3.63) is 48.0 Å². The molecule has 1 aromatic carbocycles. The van der Waals surface area contributed by atoms with E-state index >= 15 is 0 Å². The molecule has 2 rings (SSSR count). The van der Waals surface area contributed by atoms with Crippen molar-refractivity contribution in [2.75, 3.05) is 10.5 Å². The van der Waals surface area contributed by atoms with Crippen LogP contribution in [0.25, 0.3) is 0 Å². The van der Waals surface area contributed by atoms with E-state index in [1.54, 1.807) is 6.07 Å². The van der Waals surface area contributed by atoms with E-state index in [0.717, 1.165) is 18.3 Å². The Labute approximate surface area is 114 Å². The predicted octanol–water partition coefficient (Wildman–Crippen LogP) is 1.48. The van der Waals surface area contributed by atoms with E-state index in [2.05, 4.69) is 9.71 Å². The van der Waals surface area contributed by atoms with Crippen LogP contribution in [0, 0.1) is 17.1 Å². The molecular formula is C12H9FN4O2S. The zero-order valence-electron chi connectivity index (χ0n) is 10.0. The van der Waals surface area contributed by atoms with Gasteiger partial charge in [-0.1, -0.05) is 0 Å². The Hall–Kier alpha value is -2.66. The maximum absolute atomic E-state index is 13.2. The first-order valence-corrected chi connectivity index (χ1v) is 6.84. The number of nitrogens with two attached hydrogens (primary N) is 1. The van der Waals surface area contributed by atoms with Gasteiger partial charge in [-0.05, 0) is 24.3 Å². The molecular weight excluding hydrogens is 283 g/mol. The molecule has 0 fully saturated rings. The Bertz CT molecular complexity index is 799. The number of nitrogens with zero attached hydrogens (tertiary/aromatic N) is 2. The number of nitrogens with one attached hydrogen (secondary N) is 1. The van der Waals surface area contributed by atoms with Gasteiger partial charge in [-0.25, -0.2) is 12.8 Å². The highest BCUT2D eigenvalue weighted by molar-refractivity contribution is 7.92. The molecule has 1 heterocycles. The van der Waals surface area contributed by atoms with E-state index in [-0.39, 0.29) is 21.8 Å². The van der Waals surface area contributed by atoms with Crippen LogP contribution in [0.1, 0.15) is 5.56 Å². The molecule has 0 saturated heterocycles. The third-order valence-corrected chi connectivity index (χ3v) is 3.87. The fourth-order valence-electron chi connectivity index (χ4n) is 1.50. The fourth-order valence-corrected chi connectivity index (χ4v) is 2.63. The minimum absolute atomic E-state index is 0.0371. The number of aromatic nitrogens is 1. The Morgan fingerprint density at radius 2 is 2.10 bits per heavy atom. The molecule has 0 aliphatic heterocycles. The summed E-state index contributed by atoms with van der Waals surface area (Å²) in [5, 5.41) is 8.71. The molecule has 8 heteroatoms. The Kier molecular flexibility index (Phi) is 3.54. The Morgan fingerprint density at radius 1 is 1.35 bits per heavy atom. The van der Waals surface area contributed by atoms with Gasteiger partial charge in [0.25, 0.3) is 10.0 Å². The predicted molar refractivity (Wildman–Crippen MR) is 70.6 cm³/mol. The van der Waals surface area contributed by atoms with Gasteiger partial charge in [-0.3, -0.25) is 9.71 Å². The summed E-state index contributed by atoms with van der Waals surface area (Å²) in [6.45, 7) is 0. The molecule has 0 bridgehead atoms. The van der Waals surface area contributed by atoms with Gasteiger partial charge in [0.2, 0.25) is 0 Å². The van der Waals surface area contributed by atoms with Crippen molar-refractivity contribution in [1.29, 1.82) is 5.26 Å². The second-order valence-corrected chi connectivity index (χ2v) is 5.48. The van der Waals surface area contributed by atoms with Crippen LogP contribution in [-0.2, 0) is 10.0 Å². The summed E-state index contributed by atoms with van der Waals surface area (Å²) < 4.78 is 39.6. The molecule has 0 saturated carbocycles. The lowest BCUT2D eigenvalue weighted by molar-refractivity contribution is 0.601. The molecule has 0 radical (unpaired) electrons. The van der Waals surface area contributed by atoms with Crippen molar-refractivity contribution in [3.63, 3.8) is 0 Å². The van der Waals surface area contributed by atoms with Crippen LogP contribution in [0.15, 0.2) is 41.6 Å². The van der Waals surface area contributed by atoms with Gasteiger partial charge in [-0.15, -0.1) is 0 Å². The highest BCUT2D eigenvalue weighted by Crippen LogP contribution is 2.21. The number of hydrogen-bond acceptors (Lipinski definition) is 5. The normalized spacial score (nSPS) is 10.8. The summed E-state index contributed by atoms with van der Waals surface area (Å²) in [7, 11) is -3.95. The second-order valence-electron chi connectivity index (χ2n) is 3.83. The number of nitriles is 1. The van der Waals surface area contributed by atoms with E-state index in [0.29, 0.717) is 0 Å². The van der Waals surface area contributed by atoms with Crippen molar-refractivity contribution in [3.8, 4) is 6.07 Å². The number of halogens is 1. The molecule has 20 heavy (non-hydrogen) atoms. The van der Waals surface area contributed by atoms with Crippen molar-refractivity contribution >= 4 is 21.4 Å². The fraction of sp³-hybridized carbons (Fsp3) is 0. The zero-order valence-corrected chi connectivity index (χ0v) is 10.9. The average Bonchev–Trinajstić information content (AvgIpc) is 2.41. The summed E-state index contributed by atoms with van der Waals surface area (Å²) in [6.07, 6.45) is 2.46. The first kappa shape index (κ1) is 13.8. The molecule has 3 N–H and O–H groups in total. The summed E-state index contributed by atoms with van der Waals surface area (Å²) in [5.74, 6) is -0.726. The molecule has 0 unspecified atom stereocenters. The Morgan fingerprint density at radius 3 is 2.75 bits per heavy atom. The lowest BCUT2D eigenvalue weighted by Crippen LogP contribution is -2.15. The summed E-state index contributed by atoms with van der Waals surface area (Å²) in [6, 6.07) is 6.28. The lowest BCUT2D eigenvalue weighted by atomic mass is 10.2. The number of pyridine rings is 1. The molecule has 0 spiro atoms. The highest BCUT2D eigenvalue weighted by Gasteiger charge is 2.18. The number of anilines is 2. The number of hydrogen-bond donors (Lipinski definition) is 2. The van der Waals surface area contributed by atoms with Gasteiger partial charge in [0.05, 0.1) is 16.9 Å². The third-order valence-electron chi connectivity index (χ3n) is 2.45. The molecule has 0 amide bonds. The van der Waals surface area contributed by atoms with Crippen LogP contribution < -0.4 is 10.5 Å². The second kappa shape index (κ2) is 5.14. The van der Waals surface area contributed by atoms with Gasteiger partial charge >= 0.3 is 0 Å². The van der Waals surface area contributed by atoms with E-state index in [1.807, 2.05) is 0 Å². The Balaban J connectivity index is 2.39. The van der Waals surface area contributed by atoms with Crippen LogP contribution in [0.3, 0.4) is 0 Å². The van der Waals surface area contributed by atoms with E-state index in [1.165, 1.54) is 18.3 Å². The van der Waals surface area contributed by atoms with Crippen molar-refractivity contribution in [1.82, 2.24) is 4.98 Å². The minimum Gasteiger partial charge on any atom is -0.398 e. The third kappa shape index (κ3) is 2.67. The largest absolute Gasteiger partial charge is 0.398 e. The number of nitrogen functional groups attached to an aromatic ring is 1. The van der Waals surface area contributed by atoms with Gasteiger partial charge in [0.1, 0.15) is 16.8 Å². The highest BCUT2D eigenvalue weighted by atomic mass is 32.2. The van der Waals surface area contributed by atoms with Gasteiger partial charge in [-0.2, -0.15) is 5.26 Å². The van der Waals surface area contributed by atoms with Gasteiger partial charge < -0.3 is 5.73 Å². The van der Waals surface area contributed by atoms with Crippen LogP contribution >= 0.6 is 0 Å². The van der Waals surface area contributed by atoms with Crippen LogP contribution in [0.5, 0.6) is 0 Å². The smallest absolute Gasteiger partial charge is 0.265 e. The van der Waals surface area contributed by atoms with Gasteiger partial charge in [0.15, 0.2) is 0 Å². The van der Waals surface area contributed by atoms with E-state index in [4.69, 9.17) is 11.0 Å². The topological polar surface area (TPSA) is 109 Å². The van der Waals surface area contributed by atoms with Crippen LogP contribution in [0.4, 0.5) is 15.8 Å². The maximum atomic E-state index is 13.2. The lowest BCUT2D eigenvalue weighted by Gasteiger charge is -2.09. The summed E-state index contributed by atoms with van der Waals surface area (Å²) in [4.78, 5) is 3.50. The number of benzene rings is 1. The average molecular weight is 292 g/mol. The van der Waals surface area contributed by atoms with Crippen molar-refractivity contribution < 1.29 is 12.8 Å². The quantitative estimate of drug-likeness (QED) is 0.890. The molecule has 2 aromatic rings. The van der Waals surface area contributed by atoms with Crippen molar-refractivity contribution in [2.45, 2.75) is 4.90 Å². The van der Waals surface area contributed by atoms with Crippen LogP contribution in [0.2, 0.25) is 0 Å². The number of rotatable bonds is 3. The first-order valence-electron chi connectivity index (χ1n) is 5.36. The monoisotopic (exact) mass is 292 g/mol. The molecule has 1 aromatic heterocycles. The SMILES string of the molecule is N#Cc1cc(NS(=O)(=O)c2cnccc2N)ccc1F. The van der Waals surface area contributed by atoms with Gasteiger partial charge in [0, 0.05) is 12.4 Å². The molecule has 0 aliphatic carbocycles. The minimum atomic E-state index is -3.95. The van der Waals surface area contributed by atoms with Crippen LogP contribution in [-0.4, -0.2) is 13.4 Å². The molecule has 0 aliphatic rings. The zero-order chi connectivity index (χ0) is 14.8. The molecule has 102 valence electrons.